The zero-order valence-corrected chi connectivity index (χ0v) is 13.1. The second-order valence-corrected chi connectivity index (χ2v) is 5.70. The van der Waals surface area contributed by atoms with Crippen LogP contribution in [-0.4, -0.2) is 5.78 Å². The number of unbranched alkanes of at least 4 members (excludes halogenated alkanes) is 1. The molecule has 0 aliphatic carbocycles. The van der Waals surface area contributed by atoms with E-state index < -0.39 is 0 Å². The van der Waals surface area contributed by atoms with Crippen molar-refractivity contribution in [2.45, 2.75) is 33.1 Å². The molecule has 0 unspecified atom stereocenters. The van der Waals surface area contributed by atoms with Crippen molar-refractivity contribution in [1.29, 1.82) is 0 Å². The summed E-state index contributed by atoms with van der Waals surface area (Å²) in [6.07, 6.45) is 2.90. The molecule has 0 spiro atoms. The van der Waals surface area contributed by atoms with E-state index in [1.54, 1.807) is 0 Å². The molecule has 22 heavy (non-hydrogen) atoms. The van der Waals surface area contributed by atoms with Gasteiger partial charge < -0.3 is 4.42 Å². The molecular formula is C20H20O2. The lowest BCUT2D eigenvalue weighted by Gasteiger charge is -2.03. The monoisotopic (exact) mass is 292 g/mol. The summed E-state index contributed by atoms with van der Waals surface area (Å²) >= 11 is 0. The van der Waals surface area contributed by atoms with Gasteiger partial charge in [-0.05, 0) is 19.4 Å². The number of rotatable bonds is 5. The molecule has 0 N–H and O–H groups in total. The van der Waals surface area contributed by atoms with Crippen LogP contribution in [0.5, 0.6) is 0 Å². The lowest BCUT2D eigenvalue weighted by atomic mass is 9.98. The van der Waals surface area contributed by atoms with Crippen molar-refractivity contribution in [3.05, 3.63) is 71.0 Å². The molecule has 0 fully saturated rings. The lowest BCUT2D eigenvalue weighted by molar-refractivity contribution is 0.103. The summed E-state index contributed by atoms with van der Waals surface area (Å²) < 4.78 is 5.95. The van der Waals surface area contributed by atoms with Crippen molar-refractivity contribution in [1.82, 2.24) is 0 Å². The molecule has 1 aromatic heterocycles. The summed E-state index contributed by atoms with van der Waals surface area (Å²) in [5, 5.41) is 0.916. The van der Waals surface area contributed by atoms with Crippen LogP contribution < -0.4 is 0 Å². The summed E-state index contributed by atoms with van der Waals surface area (Å²) in [5.41, 5.74) is 3.40. The molecule has 0 atom stereocenters. The molecule has 2 nitrogen and oxygen atoms in total. The van der Waals surface area contributed by atoms with Gasteiger partial charge in [-0.3, -0.25) is 4.79 Å². The van der Waals surface area contributed by atoms with Gasteiger partial charge in [-0.25, -0.2) is 0 Å². The first-order valence-electron chi connectivity index (χ1n) is 7.82. The summed E-state index contributed by atoms with van der Waals surface area (Å²) in [7, 11) is 0. The minimum Gasteiger partial charge on any atom is -0.460 e. The molecule has 0 bridgehead atoms. The number of carbonyl (C=O) groups excluding carboxylic acids is 1. The van der Waals surface area contributed by atoms with E-state index in [1.165, 1.54) is 0 Å². The van der Waals surface area contributed by atoms with Crippen LogP contribution in [-0.2, 0) is 6.42 Å². The largest absolute Gasteiger partial charge is 0.460 e. The predicted molar refractivity (Wildman–Crippen MR) is 89.4 cm³/mol. The summed E-state index contributed by atoms with van der Waals surface area (Å²) in [6.45, 7) is 4.16. The van der Waals surface area contributed by atoms with E-state index in [-0.39, 0.29) is 5.78 Å². The first-order valence-corrected chi connectivity index (χ1v) is 7.82. The van der Waals surface area contributed by atoms with Crippen LogP contribution >= 0.6 is 0 Å². The topological polar surface area (TPSA) is 30.2 Å². The van der Waals surface area contributed by atoms with E-state index >= 15 is 0 Å². The maximum atomic E-state index is 13.0. The van der Waals surface area contributed by atoms with Gasteiger partial charge in [0.15, 0.2) is 5.78 Å². The van der Waals surface area contributed by atoms with E-state index in [2.05, 4.69) is 6.92 Å². The maximum Gasteiger partial charge on any atom is 0.197 e. The Labute approximate surface area is 130 Å². The van der Waals surface area contributed by atoms with Gasteiger partial charge in [-0.1, -0.05) is 61.4 Å². The third-order valence-corrected chi connectivity index (χ3v) is 3.97. The third kappa shape index (κ3) is 2.69. The summed E-state index contributed by atoms with van der Waals surface area (Å²) in [5.74, 6) is 0.865. The third-order valence-electron chi connectivity index (χ3n) is 3.97. The highest BCUT2D eigenvalue weighted by molar-refractivity contribution is 6.16. The second kappa shape index (κ2) is 6.18. The van der Waals surface area contributed by atoms with Crippen LogP contribution in [0.3, 0.4) is 0 Å². The molecule has 0 saturated heterocycles. The number of hydrogen-bond donors (Lipinski definition) is 0. The SMILES string of the molecule is CCCCc1oc2ccccc2c1C(=O)c1ccc(C)cc1. The molecule has 0 saturated carbocycles. The Kier molecular flexibility index (Phi) is 4.10. The Morgan fingerprint density at radius 1 is 1.05 bits per heavy atom. The molecular weight excluding hydrogens is 272 g/mol. The van der Waals surface area contributed by atoms with Crippen LogP contribution in [0.2, 0.25) is 0 Å². The van der Waals surface area contributed by atoms with Gasteiger partial charge in [0.2, 0.25) is 0 Å². The highest BCUT2D eigenvalue weighted by atomic mass is 16.3. The number of hydrogen-bond acceptors (Lipinski definition) is 2. The van der Waals surface area contributed by atoms with Gasteiger partial charge >= 0.3 is 0 Å². The first kappa shape index (κ1) is 14.6. The minimum absolute atomic E-state index is 0.0519. The Bertz CT molecular complexity index is 794. The Hall–Kier alpha value is -2.35. The normalized spacial score (nSPS) is 11.0. The number of fused-ring (bicyclic) bond motifs is 1. The Morgan fingerprint density at radius 2 is 1.77 bits per heavy atom. The number of benzene rings is 2. The molecule has 3 aromatic rings. The summed E-state index contributed by atoms with van der Waals surface area (Å²) in [4.78, 5) is 13.0. The number of ketones is 1. The average Bonchev–Trinajstić information content (AvgIpc) is 2.91. The highest BCUT2D eigenvalue weighted by Crippen LogP contribution is 2.29. The van der Waals surface area contributed by atoms with Gasteiger partial charge in [-0.15, -0.1) is 0 Å². The minimum atomic E-state index is 0.0519. The quantitative estimate of drug-likeness (QED) is 0.596. The van der Waals surface area contributed by atoms with Crippen molar-refractivity contribution in [2.24, 2.45) is 0 Å². The van der Waals surface area contributed by atoms with E-state index in [0.717, 1.165) is 52.7 Å². The molecule has 0 radical (unpaired) electrons. The fourth-order valence-corrected chi connectivity index (χ4v) is 2.71. The Balaban J connectivity index is 2.10. The number of furan rings is 1. The fraction of sp³-hybridized carbons (Fsp3) is 0.250. The smallest absolute Gasteiger partial charge is 0.197 e. The number of aryl methyl sites for hydroxylation is 2. The lowest BCUT2D eigenvalue weighted by Crippen LogP contribution is -2.04. The van der Waals surface area contributed by atoms with E-state index in [9.17, 15) is 4.79 Å². The predicted octanol–water partition coefficient (Wildman–Crippen LogP) is 5.31. The van der Waals surface area contributed by atoms with Gasteiger partial charge in [0.1, 0.15) is 11.3 Å². The Morgan fingerprint density at radius 3 is 2.50 bits per heavy atom. The van der Waals surface area contributed by atoms with E-state index in [0.29, 0.717) is 0 Å². The van der Waals surface area contributed by atoms with Gasteiger partial charge in [-0.2, -0.15) is 0 Å². The molecule has 1 heterocycles. The van der Waals surface area contributed by atoms with Gasteiger partial charge in [0.05, 0.1) is 5.56 Å². The van der Waals surface area contributed by atoms with Crippen molar-refractivity contribution in [3.8, 4) is 0 Å². The molecule has 0 aliphatic heterocycles. The van der Waals surface area contributed by atoms with Crippen LogP contribution in [0, 0.1) is 6.92 Å². The van der Waals surface area contributed by atoms with Gasteiger partial charge in [0, 0.05) is 17.4 Å². The van der Waals surface area contributed by atoms with Crippen molar-refractivity contribution >= 4 is 16.8 Å². The number of para-hydroxylation sites is 1. The van der Waals surface area contributed by atoms with E-state index in [1.807, 2.05) is 55.5 Å². The molecule has 112 valence electrons. The molecule has 2 heteroatoms. The van der Waals surface area contributed by atoms with Crippen LogP contribution in [0.15, 0.2) is 52.9 Å². The maximum absolute atomic E-state index is 13.0. The van der Waals surface area contributed by atoms with Crippen molar-refractivity contribution in [2.75, 3.05) is 0 Å². The molecule has 0 amide bonds. The van der Waals surface area contributed by atoms with Crippen molar-refractivity contribution < 1.29 is 9.21 Å². The zero-order chi connectivity index (χ0) is 15.5. The molecule has 0 aliphatic rings. The highest BCUT2D eigenvalue weighted by Gasteiger charge is 2.21. The molecule has 3 rings (SSSR count). The molecule has 2 aromatic carbocycles. The number of carbonyl (C=O) groups is 1. The van der Waals surface area contributed by atoms with Gasteiger partial charge in [0.25, 0.3) is 0 Å². The van der Waals surface area contributed by atoms with Crippen LogP contribution in [0.4, 0.5) is 0 Å². The van der Waals surface area contributed by atoms with E-state index in [4.69, 9.17) is 4.42 Å². The summed E-state index contributed by atoms with van der Waals surface area (Å²) in [6, 6.07) is 15.5. The van der Waals surface area contributed by atoms with Crippen LogP contribution in [0.25, 0.3) is 11.0 Å². The van der Waals surface area contributed by atoms with Crippen molar-refractivity contribution in [3.63, 3.8) is 0 Å². The first-order chi connectivity index (χ1) is 10.7. The second-order valence-electron chi connectivity index (χ2n) is 5.70. The zero-order valence-electron chi connectivity index (χ0n) is 13.1. The average molecular weight is 292 g/mol. The standard InChI is InChI=1S/C20H20O2/c1-3-4-8-18-19(16-7-5-6-9-17(16)22-18)20(21)15-12-10-14(2)11-13-15/h5-7,9-13H,3-4,8H2,1-2H3. The van der Waals surface area contributed by atoms with Crippen LogP contribution in [0.1, 0.15) is 47.0 Å². The fourth-order valence-electron chi connectivity index (χ4n) is 2.71.